The van der Waals surface area contributed by atoms with Crippen molar-refractivity contribution in [1.29, 1.82) is 0 Å². The number of anilines is 2. The van der Waals surface area contributed by atoms with Crippen molar-refractivity contribution in [3.63, 3.8) is 0 Å². The third-order valence-electron chi connectivity index (χ3n) is 2.48. The van der Waals surface area contributed by atoms with Crippen molar-refractivity contribution < 1.29 is 0 Å². The third kappa shape index (κ3) is 0.441. The maximum Gasteiger partial charge on any atom is 0.0659 e. The van der Waals surface area contributed by atoms with Crippen LogP contribution in [0.2, 0.25) is 0 Å². The lowest BCUT2D eigenvalue weighted by molar-refractivity contribution is 0.913. The minimum absolute atomic E-state index is 1.30. The molecule has 3 rings (SSSR count). The fourth-order valence-corrected chi connectivity index (χ4v) is 1.89. The molecule has 10 heavy (non-hydrogen) atoms. The Bertz CT molecular complexity index is 302. The van der Waals surface area contributed by atoms with Crippen molar-refractivity contribution in [1.82, 2.24) is 0 Å². The maximum atomic E-state index is 3.29. The predicted octanol–water partition coefficient (Wildman–Crippen LogP) is 2.23. The van der Waals surface area contributed by atoms with Crippen LogP contribution in [0.15, 0.2) is 12.1 Å². The van der Waals surface area contributed by atoms with Crippen molar-refractivity contribution in [3.05, 3.63) is 23.3 Å². The molecule has 2 aliphatic rings. The second-order valence-electron chi connectivity index (χ2n) is 3.10. The average Bonchev–Trinajstić information content (AvgIpc) is 2.60. The average molecular weight is 131 g/mol. The van der Waals surface area contributed by atoms with Crippen molar-refractivity contribution in [2.75, 3.05) is 5.32 Å². The van der Waals surface area contributed by atoms with Crippen LogP contribution >= 0.6 is 0 Å². The molecule has 1 heterocycles. The number of fused-ring (bicyclic) bond motifs is 3. The Morgan fingerprint density at radius 1 is 1.20 bits per heavy atom. The van der Waals surface area contributed by atoms with Gasteiger partial charge in [-0.3, -0.25) is 0 Å². The van der Waals surface area contributed by atoms with Crippen LogP contribution in [-0.4, -0.2) is 0 Å². The maximum absolute atomic E-state index is 3.29. The molecule has 1 aliphatic carbocycles. The van der Waals surface area contributed by atoms with Crippen LogP contribution in [0.5, 0.6) is 0 Å². The zero-order valence-corrected chi connectivity index (χ0v) is 5.78. The third-order valence-corrected chi connectivity index (χ3v) is 2.48. The van der Waals surface area contributed by atoms with Gasteiger partial charge in [0.05, 0.1) is 11.4 Å². The molecule has 0 spiro atoms. The van der Waals surface area contributed by atoms with Gasteiger partial charge in [-0.15, -0.1) is 0 Å². The summed E-state index contributed by atoms with van der Waals surface area (Å²) in [6, 6.07) is 4.46. The van der Waals surface area contributed by atoms with E-state index in [4.69, 9.17) is 0 Å². The zero-order chi connectivity index (χ0) is 6.55. The van der Waals surface area contributed by atoms with E-state index in [1.807, 2.05) is 0 Å². The van der Waals surface area contributed by atoms with Crippen molar-refractivity contribution in [3.8, 4) is 0 Å². The van der Waals surface area contributed by atoms with Crippen LogP contribution in [0.4, 0.5) is 11.4 Å². The van der Waals surface area contributed by atoms with Gasteiger partial charge in [-0.2, -0.15) is 0 Å². The van der Waals surface area contributed by atoms with Gasteiger partial charge in [0.2, 0.25) is 0 Å². The van der Waals surface area contributed by atoms with Gasteiger partial charge in [-0.1, -0.05) is 6.07 Å². The zero-order valence-electron chi connectivity index (χ0n) is 5.78. The molecule has 0 amide bonds. The summed E-state index contributed by atoms with van der Waals surface area (Å²) >= 11 is 0. The van der Waals surface area contributed by atoms with E-state index in [-0.39, 0.29) is 0 Å². The highest BCUT2D eigenvalue weighted by Crippen LogP contribution is 2.45. The molecule has 1 aromatic rings. The van der Waals surface area contributed by atoms with Gasteiger partial charge < -0.3 is 5.32 Å². The Morgan fingerprint density at radius 3 is 3.20 bits per heavy atom. The number of benzene rings is 1. The SMILES string of the molecule is c1cc2c(c3c1CCC3)N2. The van der Waals surface area contributed by atoms with E-state index < -0.39 is 0 Å². The fraction of sp³-hybridized carbons (Fsp3) is 0.333. The largest absolute Gasteiger partial charge is 0.352 e. The van der Waals surface area contributed by atoms with Crippen molar-refractivity contribution in [2.45, 2.75) is 19.3 Å². The quantitative estimate of drug-likeness (QED) is 0.544. The van der Waals surface area contributed by atoms with Gasteiger partial charge in [-0.05, 0) is 36.5 Å². The first-order chi connectivity index (χ1) is 4.95. The Labute approximate surface area is 60.1 Å². The molecule has 1 aliphatic heterocycles. The molecule has 1 aromatic carbocycles. The molecule has 0 radical (unpaired) electrons. The topological polar surface area (TPSA) is 21.9 Å². The van der Waals surface area contributed by atoms with E-state index in [1.165, 1.54) is 30.6 Å². The number of nitrogens with one attached hydrogen (secondary N) is 1. The molecular weight excluding hydrogens is 122 g/mol. The molecule has 0 unspecified atom stereocenters. The van der Waals surface area contributed by atoms with Gasteiger partial charge in [0.15, 0.2) is 0 Å². The van der Waals surface area contributed by atoms with Crippen LogP contribution in [0.1, 0.15) is 17.5 Å². The first-order valence-corrected chi connectivity index (χ1v) is 3.87. The van der Waals surface area contributed by atoms with Crippen LogP contribution < -0.4 is 5.32 Å². The van der Waals surface area contributed by atoms with Gasteiger partial charge >= 0.3 is 0 Å². The summed E-state index contributed by atoms with van der Waals surface area (Å²) in [7, 11) is 0. The molecule has 1 heteroatoms. The van der Waals surface area contributed by atoms with Gasteiger partial charge in [0.25, 0.3) is 0 Å². The lowest BCUT2D eigenvalue weighted by atomic mass is 10.1. The van der Waals surface area contributed by atoms with E-state index in [1.54, 1.807) is 11.1 Å². The fourth-order valence-electron chi connectivity index (χ4n) is 1.89. The summed E-state index contributed by atoms with van der Waals surface area (Å²) in [6.45, 7) is 0. The smallest absolute Gasteiger partial charge is 0.0659 e. The molecule has 0 saturated carbocycles. The summed E-state index contributed by atoms with van der Waals surface area (Å²) in [5.41, 5.74) is 5.97. The minimum Gasteiger partial charge on any atom is -0.352 e. The minimum atomic E-state index is 1.30. The van der Waals surface area contributed by atoms with Crippen molar-refractivity contribution in [2.24, 2.45) is 0 Å². The lowest BCUT2D eigenvalue weighted by Gasteiger charge is -1.90. The first-order valence-electron chi connectivity index (χ1n) is 3.87. The summed E-state index contributed by atoms with van der Waals surface area (Å²) in [5, 5.41) is 3.29. The molecule has 0 atom stereocenters. The van der Waals surface area contributed by atoms with E-state index in [0.29, 0.717) is 0 Å². The van der Waals surface area contributed by atoms with E-state index in [0.717, 1.165) is 0 Å². The molecule has 1 nitrogen and oxygen atoms in total. The van der Waals surface area contributed by atoms with E-state index in [9.17, 15) is 0 Å². The molecule has 0 saturated heterocycles. The number of aryl methyl sites for hydroxylation is 1. The summed E-state index contributed by atoms with van der Waals surface area (Å²) in [4.78, 5) is 0. The highest BCUT2D eigenvalue weighted by Gasteiger charge is 2.24. The monoisotopic (exact) mass is 131 g/mol. The Kier molecular flexibility index (Phi) is 0.652. The molecular formula is C9H9N. The summed E-state index contributed by atoms with van der Waals surface area (Å²) in [5.74, 6) is 0. The van der Waals surface area contributed by atoms with Gasteiger partial charge in [0, 0.05) is 0 Å². The van der Waals surface area contributed by atoms with E-state index >= 15 is 0 Å². The Balaban J connectivity index is 2.32. The van der Waals surface area contributed by atoms with Crippen LogP contribution in [0, 0.1) is 0 Å². The number of hydrogen-bond acceptors (Lipinski definition) is 1. The number of rotatable bonds is 0. The molecule has 50 valence electrons. The normalized spacial score (nSPS) is 17.6. The Morgan fingerprint density at radius 2 is 2.20 bits per heavy atom. The van der Waals surface area contributed by atoms with Crippen LogP contribution in [0.25, 0.3) is 0 Å². The van der Waals surface area contributed by atoms with Gasteiger partial charge in [0.1, 0.15) is 0 Å². The first kappa shape index (κ1) is 4.78. The highest BCUT2D eigenvalue weighted by atomic mass is 15.0. The second-order valence-corrected chi connectivity index (χ2v) is 3.10. The molecule has 0 fully saturated rings. The summed E-state index contributed by atoms with van der Waals surface area (Å²) < 4.78 is 0. The highest BCUT2D eigenvalue weighted by molar-refractivity contribution is 5.93. The van der Waals surface area contributed by atoms with Crippen molar-refractivity contribution >= 4 is 11.4 Å². The molecule has 1 N–H and O–H groups in total. The Hall–Kier alpha value is -0.980. The lowest BCUT2D eigenvalue weighted by Crippen LogP contribution is -1.74. The van der Waals surface area contributed by atoms with Crippen LogP contribution in [0.3, 0.4) is 0 Å². The standard InChI is InChI=1S/C9H9N/c1-2-6-4-5-8-9(10-8)7(6)3-1/h4-5,10H,1-3H2. The summed E-state index contributed by atoms with van der Waals surface area (Å²) in [6.07, 6.45) is 3.95. The van der Waals surface area contributed by atoms with E-state index in [2.05, 4.69) is 17.4 Å². The molecule has 0 bridgehead atoms. The van der Waals surface area contributed by atoms with Crippen LogP contribution in [-0.2, 0) is 12.8 Å². The molecule has 0 aromatic heterocycles. The predicted molar refractivity (Wildman–Crippen MR) is 41.7 cm³/mol. The van der Waals surface area contributed by atoms with Gasteiger partial charge in [-0.25, -0.2) is 0 Å². The number of hydrogen-bond donors (Lipinski definition) is 1. The second kappa shape index (κ2) is 1.36.